The van der Waals surface area contributed by atoms with E-state index in [0.717, 1.165) is 41.9 Å². The first-order valence-electron chi connectivity index (χ1n) is 11.2. The lowest BCUT2D eigenvalue weighted by Crippen LogP contribution is -2.42. The van der Waals surface area contributed by atoms with Crippen LogP contribution in [0.1, 0.15) is 52.3 Å². The van der Waals surface area contributed by atoms with Crippen LogP contribution in [-0.2, 0) is 21.8 Å². The molecule has 0 radical (unpaired) electrons. The number of rotatable bonds is 4. The summed E-state index contributed by atoms with van der Waals surface area (Å²) in [5.41, 5.74) is 0.194. The van der Waals surface area contributed by atoms with Gasteiger partial charge in [-0.05, 0) is 74.0 Å². The number of alkyl halides is 6. The second-order valence-electron chi connectivity index (χ2n) is 9.29. The van der Waals surface area contributed by atoms with E-state index in [2.05, 4.69) is 11.4 Å². The fourth-order valence-electron chi connectivity index (χ4n) is 4.99. The normalized spacial score (nSPS) is 26.4. The standard InChI is InChI=1S/C25H27F6NO2/c1-13-4-5-14(2)20(6-13)22-21-11-32-10-17(21)12-33-23(22)34-15(3)16-7-18(24(26,27)28)9-19(8-16)25(29,30)31/h4-9,15,17,21-23,32H,10-12H2,1-3H3/t15-,17+,21-,22+,23-/m1/s1. The zero-order valence-electron chi connectivity index (χ0n) is 19.1. The Morgan fingerprint density at radius 3 is 2.21 bits per heavy atom. The van der Waals surface area contributed by atoms with E-state index in [4.69, 9.17) is 9.47 Å². The number of nitrogens with one attached hydrogen (secondary N) is 1. The Morgan fingerprint density at radius 1 is 0.941 bits per heavy atom. The highest BCUT2D eigenvalue weighted by Gasteiger charge is 2.45. The molecule has 186 valence electrons. The molecule has 2 heterocycles. The van der Waals surface area contributed by atoms with Crippen LogP contribution in [0, 0.1) is 25.7 Å². The van der Waals surface area contributed by atoms with Gasteiger partial charge in [0.2, 0.25) is 0 Å². The lowest BCUT2D eigenvalue weighted by atomic mass is 9.76. The molecule has 2 fully saturated rings. The largest absolute Gasteiger partial charge is 0.416 e. The molecular formula is C25H27F6NO2. The Morgan fingerprint density at radius 2 is 1.59 bits per heavy atom. The number of hydrogen-bond donors (Lipinski definition) is 1. The highest BCUT2D eigenvalue weighted by Crippen LogP contribution is 2.44. The molecule has 34 heavy (non-hydrogen) atoms. The molecule has 2 aliphatic heterocycles. The van der Waals surface area contributed by atoms with Gasteiger partial charge in [-0.3, -0.25) is 0 Å². The molecule has 0 aliphatic carbocycles. The number of halogens is 6. The average molecular weight is 487 g/mol. The second-order valence-corrected chi connectivity index (χ2v) is 9.29. The average Bonchev–Trinajstić information content (AvgIpc) is 3.23. The molecule has 0 bridgehead atoms. The summed E-state index contributed by atoms with van der Waals surface area (Å²) in [4.78, 5) is 0. The fourth-order valence-corrected chi connectivity index (χ4v) is 4.99. The van der Waals surface area contributed by atoms with Crippen LogP contribution in [0.4, 0.5) is 26.3 Å². The third-order valence-corrected chi connectivity index (χ3v) is 6.83. The van der Waals surface area contributed by atoms with Crippen molar-refractivity contribution in [1.82, 2.24) is 5.32 Å². The van der Waals surface area contributed by atoms with E-state index in [-0.39, 0.29) is 29.4 Å². The predicted molar refractivity (Wildman–Crippen MR) is 114 cm³/mol. The first-order chi connectivity index (χ1) is 15.8. The van der Waals surface area contributed by atoms with Crippen molar-refractivity contribution in [3.8, 4) is 0 Å². The third kappa shape index (κ3) is 5.11. The summed E-state index contributed by atoms with van der Waals surface area (Å²) in [6.45, 7) is 7.34. The zero-order chi connectivity index (χ0) is 24.8. The van der Waals surface area contributed by atoms with Crippen molar-refractivity contribution in [2.45, 2.75) is 51.4 Å². The summed E-state index contributed by atoms with van der Waals surface area (Å²) in [6.07, 6.45) is -11.7. The highest BCUT2D eigenvalue weighted by atomic mass is 19.4. The maximum Gasteiger partial charge on any atom is 0.416 e. The maximum atomic E-state index is 13.3. The van der Waals surface area contributed by atoms with Crippen LogP contribution in [0.5, 0.6) is 0 Å². The van der Waals surface area contributed by atoms with Gasteiger partial charge in [0.15, 0.2) is 6.29 Å². The number of hydrogen-bond acceptors (Lipinski definition) is 3. The van der Waals surface area contributed by atoms with Crippen molar-refractivity contribution in [2.75, 3.05) is 19.7 Å². The minimum Gasteiger partial charge on any atom is -0.352 e. The van der Waals surface area contributed by atoms with Crippen LogP contribution in [0.15, 0.2) is 36.4 Å². The SMILES string of the molecule is Cc1ccc(C)c([C@@H]2[C@@H](O[C@H](C)c3cc(C(F)(F)F)cc(C(F)(F)F)c3)OC[C@@H]3CNC[C@H]32)c1. The lowest BCUT2D eigenvalue weighted by molar-refractivity contribution is -0.217. The zero-order valence-corrected chi connectivity index (χ0v) is 19.1. The smallest absolute Gasteiger partial charge is 0.352 e. The molecule has 1 N–H and O–H groups in total. The van der Waals surface area contributed by atoms with Crippen molar-refractivity contribution in [1.29, 1.82) is 0 Å². The molecule has 5 atom stereocenters. The van der Waals surface area contributed by atoms with Crippen molar-refractivity contribution in [3.63, 3.8) is 0 Å². The molecule has 9 heteroatoms. The van der Waals surface area contributed by atoms with E-state index in [1.54, 1.807) is 0 Å². The highest BCUT2D eigenvalue weighted by molar-refractivity contribution is 5.36. The van der Waals surface area contributed by atoms with Crippen LogP contribution < -0.4 is 5.32 Å². The van der Waals surface area contributed by atoms with Gasteiger partial charge in [0.25, 0.3) is 0 Å². The summed E-state index contributed by atoms with van der Waals surface area (Å²) in [5, 5.41) is 3.37. The molecule has 2 saturated heterocycles. The van der Waals surface area contributed by atoms with Gasteiger partial charge in [0.05, 0.1) is 23.8 Å². The van der Waals surface area contributed by atoms with E-state index in [0.29, 0.717) is 6.61 Å². The van der Waals surface area contributed by atoms with Crippen LogP contribution in [0.3, 0.4) is 0 Å². The van der Waals surface area contributed by atoms with Crippen molar-refractivity contribution in [2.24, 2.45) is 11.8 Å². The molecule has 0 unspecified atom stereocenters. The first kappa shape index (κ1) is 25.0. The molecular weight excluding hydrogens is 460 g/mol. The Kier molecular flexibility index (Phi) is 6.74. The van der Waals surface area contributed by atoms with Crippen LogP contribution in [-0.4, -0.2) is 26.0 Å². The molecule has 3 nitrogen and oxygen atoms in total. The van der Waals surface area contributed by atoms with E-state index in [9.17, 15) is 26.3 Å². The van der Waals surface area contributed by atoms with Crippen molar-refractivity contribution in [3.05, 3.63) is 69.8 Å². The second kappa shape index (κ2) is 9.17. The summed E-state index contributed by atoms with van der Waals surface area (Å²) in [7, 11) is 0. The predicted octanol–water partition coefficient (Wildman–Crippen LogP) is 6.39. The minimum absolute atomic E-state index is 0.126. The molecule has 2 aromatic rings. The van der Waals surface area contributed by atoms with Gasteiger partial charge in [-0.1, -0.05) is 23.8 Å². The van der Waals surface area contributed by atoms with Gasteiger partial charge in [0, 0.05) is 12.5 Å². The molecule has 0 spiro atoms. The Hall–Kier alpha value is -2.10. The molecule has 2 aromatic carbocycles. The molecule has 4 rings (SSSR count). The number of aryl methyl sites for hydroxylation is 2. The number of ether oxygens (including phenoxy) is 2. The molecule has 0 aromatic heterocycles. The Balaban J connectivity index is 1.68. The van der Waals surface area contributed by atoms with E-state index < -0.39 is 35.9 Å². The summed E-state index contributed by atoms with van der Waals surface area (Å²) in [5.74, 6) is 0.230. The third-order valence-electron chi connectivity index (χ3n) is 6.83. The van der Waals surface area contributed by atoms with E-state index >= 15 is 0 Å². The van der Waals surface area contributed by atoms with E-state index in [1.807, 2.05) is 26.0 Å². The molecule has 0 amide bonds. The quantitative estimate of drug-likeness (QED) is 0.507. The summed E-state index contributed by atoms with van der Waals surface area (Å²) >= 11 is 0. The number of benzene rings is 2. The van der Waals surface area contributed by atoms with Crippen LogP contribution in [0.25, 0.3) is 0 Å². The Bertz CT molecular complexity index is 1000. The van der Waals surface area contributed by atoms with E-state index in [1.165, 1.54) is 6.92 Å². The number of fused-ring (bicyclic) bond motifs is 1. The lowest BCUT2D eigenvalue weighted by Gasteiger charge is -2.41. The van der Waals surface area contributed by atoms with Gasteiger partial charge >= 0.3 is 12.4 Å². The topological polar surface area (TPSA) is 30.5 Å². The van der Waals surface area contributed by atoms with Gasteiger partial charge in [0.1, 0.15) is 0 Å². The maximum absolute atomic E-state index is 13.3. The Labute approximate surface area is 194 Å². The van der Waals surface area contributed by atoms with Crippen molar-refractivity contribution < 1.29 is 35.8 Å². The first-order valence-corrected chi connectivity index (χ1v) is 11.2. The van der Waals surface area contributed by atoms with Gasteiger partial charge in [-0.25, -0.2) is 0 Å². The van der Waals surface area contributed by atoms with Gasteiger partial charge in [-0.15, -0.1) is 0 Å². The minimum atomic E-state index is -4.92. The molecule has 2 aliphatic rings. The van der Waals surface area contributed by atoms with Crippen LogP contribution >= 0.6 is 0 Å². The van der Waals surface area contributed by atoms with Gasteiger partial charge in [-0.2, -0.15) is 26.3 Å². The fraction of sp³-hybridized carbons (Fsp3) is 0.520. The van der Waals surface area contributed by atoms with Crippen LogP contribution in [0.2, 0.25) is 0 Å². The monoisotopic (exact) mass is 487 g/mol. The molecule has 0 saturated carbocycles. The summed E-state index contributed by atoms with van der Waals surface area (Å²) < 4.78 is 92.1. The summed E-state index contributed by atoms with van der Waals surface area (Å²) in [6, 6.07) is 7.61. The van der Waals surface area contributed by atoms with Crippen molar-refractivity contribution >= 4 is 0 Å². The van der Waals surface area contributed by atoms with Gasteiger partial charge < -0.3 is 14.8 Å².